The molecule has 0 radical (unpaired) electrons. The Morgan fingerprint density at radius 3 is 2.76 bits per heavy atom. The molecule has 0 bridgehead atoms. The monoisotopic (exact) mass is 575 g/mol. The Bertz CT molecular complexity index is 1720. The molecular formula is C29H30ClN7O4. The number of likely N-dealkylation sites (N-methyl/N-ethyl adjacent to an activating group) is 1. The van der Waals surface area contributed by atoms with Crippen LogP contribution in [0.2, 0.25) is 5.02 Å². The third-order valence-corrected chi connectivity index (χ3v) is 8.44. The van der Waals surface area contributed by atoms with Gasteiger partial charge in [0, 0.05) is 31.0 Å². The molecular weight excluding hydrogens is 546 g/mol. The van der Waals surface area contributed by atoms with Crippen molar-refractivity contribution in [3.05, 3.63) is 69.0 Å². The summed E-state index contributed by atoms with van der Waals surface area (Å²) in [4.78, 5) is 39.5. The van der Waals surface area contributed by atoms with Crippen molar-refractivity contribution in [1.82, 2.24) is 34.1 Å². The Morgan fingerprint density at radius 1 is 1.10 bits per heavy atom. The molecule has 41 heavy (non-hydrogen) atoms. The Kier molecular flexibility index (Phi) is 6.43. The fourth-order valence-corrected chi connectivity index (χ4v) is 6.04. The molecule has 0 saturated carbocycles. The number of carbonyl (C=O) groups is 1. The molecule has 0 spiro atoms. The second-order valence-corrected chi connectivity index (χ2v) is 11.5. The predicted molar refractivity (Wildman–Crippen MR) is 152 cm³/mol. The first-order valence-corrected chi connectivity index (χ1v) is 14.2. The van der Waals surface area contributed by atoms with Gasteiger partial charge in [-0.2, -0.15) is 5.10 Å². The Hall–Kier alpha value is -3.96. The highest BCUT2D eigenvalue weighted by atomic mass is 35.5. The summed E-state index contributed by atoms with van der Waals surface area (Å²) in [5.41, 5.74) is 2.07. The molecule has 0 unspecified atom stereocenters. The molecule has 3 aliphatic heterocycles. The molecule has 12 heteroatoms. The van der Waals surface area contributed by atoms with E-state index in [0.29, 0.717) is 78.0 Å². The lowest BCUT2D eigenvalue weighted by molar-refractivity contribution is 0.0940. The Balaban J connectivity index is 1.30. The topological polar surface area (TPSA) is 108 Å². The smallest absolute Gasteiger partial charge is 0.410 e. The molecule has 2 atom stereocenters. The third-order valence-electron chi connectivity index (χ3n) is 8.19. The third kappa shape index (κ3) is 4.82. The van der Waals surface area contributed by atoms with Gasteiger partial charge in [-0.3, -0.25) is 14.3 Å². The number of piperidine rings is 1. The van der Waals surface area contributed by atoms with Crippen LogP contribution < -0.4 is 10.3 Å². The summed E-state index contributed by atoms with van der Waals surface area (Å²) in [5.74, 6) is 2.58. The number of hydrogen-bond donors (Lipinski definition) is 0. The lowest BCUT2D eigenvalue weighted by atomic mass is 10.0. The van der Waals surface area contributed by atoms with E-state index in [1.54, 1.807) is 15.5 Å². The maximum Gasteiger partial charge on any atom is 0.410 e. The van der Waals surface area contributed by atoms with Crippen LogP contribution in [0, 0.1) is 6.92 Å². The highest BCUT2D eigenvalue weighted by Gasteiger charge is 2.39. The van der Waals surface area contributed by atoms with Gasteiger partial charge in [-0.25, -0.2) is 19.4 Å². The van der Waals surface area contributed by atoms with Gasteiger partial charge in [-0.05, 0) is 43.8 Å². The van der Waals surface area contributed by atoms with Crippen LogP contribution in [0.25, 0.3) is 22.3 Å². The minimum Gasteiger partial charge on any atom is -0.489 e. The molecule has 5 heterocycles. The van der Waals surface area contributed by atoms with Crippen molar-refractivity contribution < 1.29 is 14.3 Å². The first-order chi connectivity index (χ1) is 19.8. The predicted octanol–water partition coefficient (Wildman–Crippen LogP) is 3.47. The Morgan fingerprint density at radius 2 is 1.93 bits per heavy atom. The number of fused-ring (bicyclic) bond motifs is 3. The lowest BCUT2D eigenvalue weighted by Gasteiger charge is -2.32. The number of nitrogens with zero attached hydrogens (tertiary/aromatic N) is 7. The van der Waals surface area contributed by atoms with Crippen LogP contribution in [0.3, 0.4) is 0 Å². The highest BCUT2D eigenvalue weighted by Crippen LogP contribution is 2.35. The average Bonchev–Trinajstić information content (AvgIpc) is 3.55. The zero-order valence-electron chi connectivity index (χ0n) is 22.9. The van der Waals surface area contributed by atoms with E-state index in [2.05, 4.69) is 11.9 Å². The van der Waals surface area contributed by atoms with Crippen LogP contribution in [0.1, 0.15) is 30.1 Å². The highest BCUT2D eigenvalue weighted by molar-refractivity contribution is 6.30. The summed E-state index contributed by atoms with van der Waals surface area (Å²) in [6.45, 7) is 5.50. The SMILES string of the molecule is Cc1nc2cc(-c3nc4n(n3)CCN(C)C4)c(O[C@H]3CCN4C(=O)OC[C@@H]4C3)cc2c(=O)n1Cc1ccc(Cl)cc1. The van der Waals surface area contributed by atoms with E-state index in [1.165, 1.54) is 0 Å². The normalized spacial score (nSPS) is 20.7. The quantitative estimate of drug-likeness (QED) is 0.356. The Labute approximate surface area is 241 Å². The summed E-state index contributed by atoms with van der Waals surface area (Å²) in [6, 6.07) is 11.1. The molecule has 2 saturated heterocycles. The number of cyclic esters (lactones) is 1. The van der Waals surface area contributed by atoms with Gasteiger partial charge >= 0.3 is 6.09 Å². The molecule has 7 rings (SSSR count). The number of ether oxygens (including phenoxy) is 2. The molecule has 3 aliphatic rings. The molecule has 212 valence electrons. The van der Waals surface area contributed by atoms with Gasteiger partial charge < -0.3 is 14.4 Å². The van der Waals surface area contributed by atoms with Crippen molar-refractivity contribution in [3.8, 4) is 17.1 Å². The number of amides is 1. The molecule has 11 nitrogen and oxygen atoms in total. The van der Waals surface area contributed by atoms with Crippen molar-refractivity contribution in [2.45, 2.75) is 51.5 Å². The minimum atomic E-state index is -0.264. The van der Waals surface area contributed by atoms with Crippen molar-refractivity contribution >= 4 is 28.6 Å². The van der Waals surface area contributed by atoms with E-state index in [1.807, 2.05) is 41.9 Å². The lowest BCUT2D eigenvalue weighted by Crippen LogP contribution is -2.44. The van der Waals surface area contributed by atoms with E-state index in [-0.39, 0.29) is 23.8 Å². The number of benzene rings is 2. The van der Waals surface area contributed by atoms with Crippen LogP contribution in [0.15, 0.2) is 41.2 Å². The maximum atomic E-state index is 13.8. The van der Waals surface area contributed by atoms with Crippen molar-refractivity contribution in [3.63, 3.8) is 0 Å². The van der Waals surface area contributed by atoms with E-state index in [9.17, 15) is 9.59 Å². The van der Waals surface area contributed by atoms with E-state index in [0.717, 1.165) is 24.5 Å². The van der Waals surface area contributed by atoms with Gasteiger partial charge in [0.05, 0.1) is 42.1 Å². The molecule has 2 fully saturated rings. The number of hydrogen-bond acceptors (Lipinski definition) is 8. The molecule has 4 aromatic rings. The molecule has 2 aromatic carbocycles. The van der Waals surface area contributed by atoms with Crippen LogP contribution in [-0.4, -0.2) is 79.1 Å². The van der Waals surface area contributed by atoms with Gasteiger partial charge in [0.2, 0.25) is 0 Å². The zero-order valence-corrected chi connectivity index (χ0v) is 23.7. The summed E-state index contributed by atoms with van der Waals surface area (Å²) < 4.78 is 15.5. The van der Waals surface area contributed by atoms with E-state index < -0.39 is 0 Å². The van der Waals surface area contributed by atoms with Crippen molar-refractivity contribution in [2.24, 2.45) is 0 Å². The minimum absolute atomic E-state index is 0.0142. The second-order valence-electron chi connectivity index (χ2n) is 11.0. The van der Waals surface area contributed by atoms with Gasteiger partial charge in [0.15, 0.2) is 5.82 Å². The summed E-state index contributed by atoms with van der Waals surface area (Å²) in [5, 5.41) is 5.91. The van der Waals surface area contributed by atoms with Crippen molar-refractivity contribution in [1.29, 1.82) is 0 Å². The second kappa shape index (κ2) is 10.1. The first-order valence-electron chi connectivity index (χ1n) is 13.8. The molecule has 0 N–H and O–H groups in total. The molecule has 2 aromatic heterocycles. The largest absolute Gasteiger partial charge is 0.489 e. The zero-order chi connectivity index (χ0) is 28.2. The first kappa shape index (κ1) is 26.0. The van der Waals surface area contributed by atoms with Crippen LogP contribution in [0.5, 0.6) is 5.75 Å². The van der Waals surface area contributed by atoms with Gasteiger partial charge in [-0.15, -0.1) is 0 Å². The fourth-order valence-electron chi connectivity index (χ4n) is 5.91. The maximum absolute atomic E-state index is 13.8. The van der Waals surface area contributed by atoms with Gasteiger partial charge in [-0.1, -0.05) is 23.7 Å². The average molecular weight is 576 g/mol. The number of carbonyl (C=O) groups excluding carboxylic acids is 1. The van der Waals surface area contributed by atoms with E-state index >= 15 is 0 Å². The van der Waals surface area contributed by atoms with Crippen molar-refractivity contribution in [2.75, 3.05) is 26.7 Å². The van der Waals surface area contributed by atoms with Gasteiger partial charge in [0.1, 0.15) is 30.1 Å². The number of aromatic nitrogens is 5. The standard InChI is InChI=1S/C29H30ClN7O4/c1-17-31-24-12-23(27-32-26-15-34(2)9-10-37(26)33-27)25(41-21-7-8-35-20(11-21)16-40-29(35)39)13-22(24)28(38)36(17)14-18-3-5-19(30)6-4-18/h3-6,12-13,20-21H,7-11,14-16H2,1-2H3/t20-,21-/m0/s1. The summed E-state index contributed by atoms with van der Waals surface area (Å²) in [6.07, 6.45) is 0.891. The fraction of sp³-hybridized carbons (Fsp3) is 0.414. The van der Waals surface area contributed by atoms with E-state index in [4.69, 9.17) is 36.1 Å². The van der Waals surface area contributed by atoms with Crippen LogP contribution in [-0.2, 0) is 24.4 Å². The summed E-state index contributed by atoms with van der Waals surface area (Å²) in [7, 11) is 2.06. The van der Waals surface area contributed by atoms with Crippen LogP contribution in [0.4, 0.5) is 4.79 Å². The number of rotatable bonds is 5. The van der Waals surface area contributed by atoms with Gasteiger partial charge in [0.25, 0.3) is 5.56 Å². The number of aryl methyl sites for hydroxylation is 1. The number of halogens is 1. The summed E-state index contributed by atoms with van der Waals surface area (Å²) >= 11 is 6.06. The molecule has 1 amide bonds. The van der Waals surface area contributed by atoms with Crippen LogP contribution >= 0.6 is 11.6 Å². The molecule has 0 aliphatic carbocycles.